The molecule has 2 aromatic heterocycles. The zero-order valence-electron chi connectivity index (χ0n) is 31.3. The van der Waals surface area contributed by atoms with Crippen LogP contribution in [-0.4, -0.2) is 54.4 Å². The second kappa shape index (κ2) is 17.2. The molecule has 3 aliphatic heterocycles. The predicted molar refractivity (Wildman–Crippen MR) is 201 cm³/mol. The van der Waals surface area contributed by atoms with Crippen LogP contribution in [-0.2, 0) is 55.2 Å². The van der Waals surface area contributed by atoms with Gasteiger partial charge in [0.1, 0.15) is 25.9 Å². The van der Waals surface area contributed by atoms with E-state index in [4.69, 9.17) is 18.9 Å². The average Bonchev–Trinajstić information content (AvgIpc) is 3.79. The summed E-state index contributed by atoms with van der Waals surface area (Å²) in [5.41, 5.74) is 0.273. The summed E-state index contributed by atoms with van der Waals surface area (Å²) in [4.78, 5) is 79.9. The largest absolute Gasteiger partial charge is 0.356 e. The number of hydrogen-bond acceptors (Lipinski definition) is 10. The number of nitrogens with zero attached hydrogens (tertiary/aromatic N) is 4. The minimum Gasteiger partial charge on any atom is -0.356 e. The lowest BCUT2D eigenvalue weighted by atomic mass is 10.0. The third-order valence-electron chi connectivity index (χ3n) is 10.5. The van der Waals surface area contributed by atoms with Crippen LogP contribution in [0.15, 0.2) is 92.2 Å². The highest BCUT2D eigenvalue weighted by atomic mass is 16.5. The van der Waals surface area contributed by atoms with Gasteiger partial charge in [-0.2, -0.15) is 0 Å². The third kappa shape index (κ3) is 8.68. The normalized spacial score (nSPS) is 24.0. The summed E-state index contributed by atoms with van der Waals surface area (Å²) in [6, 6.07) is 17.8. The van der Waals surface area contributed by atoms with E-state index >= 15 is 0 Å². The Labute approximate surface area is 321 Å². The molecule has 6 atom stereocenters. The Kier molecular flexibility index (Phi) is 11.9. The second-order valence-electron chi connectivity index (χ2n) is 14.6. The van der Waals surface area contributed by atoms with Crippen LogP contribution in [0.4, 0.5) is 0 Å². The number of rotatable bonds is 10. The summed E-state index contributed by atoms with van der Waals surface area (Å²) in [6.45, 7) is 3.14. The Balaban J connectivity index is 1.02. The van der Waals surface area contributed by atoms with Crippen molar-refractivity contribution in [3.8, 4) is 0 Å². The molecule has 2 N–H and O–H groups in total. The van der Waals surface area contributed by atoms with Gasteiger partial charge in [-0.05, 0) is 37.8 Å². The lowest BCUT2D eigenvalue weighted by Crippen LogP contribution is -2.45. The summed E-state index contributed by atoms with van der Waals surface area (Å²) in [5.74, 6) is -0.524. The van der Waals surface area contributed by atoms with Crippen molar-refractivity contribution >= 4 is 11.8 Å². The van der Waals surface area contributed by atoms with Crippen molar-refractivity contribution in [2.45, 2.75) is 116 Å². The maximum atomic E-state index is 13.6. The summed E-state index contributed by atoms with van der Waals surface area (Å²) in [5, 5.41) is 6.08. The zero-order valence-corrected chi connectivity index (χ0v) is 31.3. The molecule has 3 fully saturated rings. The van der Waals surface area contributed by atoms with E-state index in [9.17, 15) is 28.8 Å². The standard InChI is InChI=1S/C40H46N6O10/c1-25-19-43(39(51)45(37(25)49)23-53-21-27-9-5-3-6-10-27)35-17-29-31(55-35)13-15-34(48)42-30-18-36(56-32(30)14-16-33(47)41-29)44-20-26(2)38(50)46(40(44)52)24-54-22-28-11-7-4-8-12-28/h3-12,19-20,29-32,35-36H,13-18,21-24H2,1-2H3,(H,41,47)(H,42,48)/t29-,30-,31+,32+,35+,36+/m0/s1. The summed E-state index contributed by atoms with van der Waals surface area (Å²) >= 11 is 0. The monoisotopic (exact) mass is 770 g/mol. The van der Waals surface area contributed by atoms with Crippen molar-refractivity contribution in [3.05, 3.63) is 137 Å². The molecule has 0 spiro atoms. The van der Waals surface area contributed by atoms with Crippen molar-refractivity contribution in [1.29, 1.82) is 0 Å². The minimum atomic E-state index is -0.803. The first-order chi connectivity index (χ1) is 27.0. The van der Waals surface area contributed by atoms with Gasteiger partial charge in [0.2, 0.25) is 11.8 Å². The van der Waals surface area contributed by atoms with Crippen molar-refractivity contribution < 1.29 is 28.5 Å². The second-order valence-corrected chi connectivity index (χ2v) is 14.6. The highest BCUT2D eigenvalue weighted by molar-refractivity contribution is 5.77. The number of carbonyl (C=O) groups excluding carboxylic acids is 2. The maximum Gasteiger partial charge on any atom is 0.335 e. The van der Waals surface area contributed by atoms with Gasteiger partial charge in [0, 0.05) is 49.2 Å². The molecule has 16 nitrogen and oxygen atoms in total. The van der Waals surface area contributed by atoms with E-state index in [0.29, 0.717) is 11.1 Å². The van der Waals surface area contributed by atoms with Crippen LogP contribution < -0.4 is 33.1 Å². The van der Waals surface area contributed by atoms with E-state index in [1.165, 1.54) is 21.5 Å². The van der Waals surface area contributed by atoms with Gasteiger partial charge in [-0.25, -0.2) is 18.7 Å². The van der Waals surface area contributed by atoms with E-state index in [1.807, 2.05) is 60.7 Å². The fraction of sp³-hybridized carbons (Fsp3) is 0.450. The van der Waals surface area contributed by atoms with Crippen LogP contribution in [0.5, 0.6) is 0 Å². The fourth-order valence-electron chi connectivity index (χ4n) is 7.56. The minimum absolute atomic E-state index is 0.0566. The van der Waals surface area contributed by atoms with Gasteiger partial charge < -0.3 is 29.6 Å². The van der Waals surface area contributed by atoms with Crippen LogP contribution in [0.2, 0.25) is 0 Å². The van der Waals surface area contributed by atoms with Gasteiger partial charge >= 0.3 is 11.4 Å². The van der Waals surface area contributed by atoms with Gasteiger partial charge in [-0.15, -0.1) is 0 Å². The lowest BCUT2D eigenvalue weighted by molar-refractivity contribution is -0.124. The number of hydrogen-bond donors (Lipinski definition) is 2. The molecule has 3 saturated heterocycles. The van der Waals surface area contributed by atoms with E-state index in [0.717, 1.165) is 20.3 Å². The molecule has 5 heterocycles. The molecule has 296 valence electrons. The van der Waals surface area contributed by atoms with Crippen molar-refractivity contribution in [1.82, 2.24) is 28.9 Å². The fourth-order valence-corrected chi connectivity index (χ4v) is 7.56. The Morgan fingerprint density at radius 1 is 0.607 bits per heavy atom. The predicted octanol–water partition coefficient (Wildman–Crippen LogP) is 2.12. The number of benzene rings is 2. The molecule has 4 aromatic rings. The molecule has 0 radical (unpaired) electrons. The van der Waals surface area contributed by atoms with Crippen LogP contribution >= 0.6 is 0 Å². The quantitative estimate of drug-likeness (QED) is 0.242. The SMILES string of the molecule is Cc1cn([C@H]2C[C@@H]3NC(=O)CC[C@H]4O[C@@H](n5cc(C)c(=O)n(COCc6ccccc6)c5=O)C[C@@H]4NC(=O)CC[C@H]3O2)c(=O)n(COCc2ccccc2)c1=O. The Bertz CT molecular complexity index is 2120. The highest BCUT2D eigenvalue weighted by Gasteiger charge is 2.41. The van der Waals surface area contributed by atoms with Crippen LogP contribution in [0, 0.1) is 13.8 Å². The van der Waals surface area contributed by atoms with E-state index in [1.54, 1.807) is 13.8 Å². The molecular weight excluding hydrogens is 724 g/mol. The van der Waals surface area contributed by atoms with Gasteiger partial charge in [0.25, 0.3) is 11.1 Å². The first-order valence-corrected chi connectivity index (χ1v) is 18.8. The molecule has 0 unspecified atom stereocenters. The Hall–Kier alpha value is -5.42. The van der Waals surface area contributed by atoms with Crippen LogP contribution in [0.3, 0.4) is 0 Å². The molecule has 7 rings (SSSR count). The average molecular weight is 771 g/mol. The third-order valence-corrected chi connectivity index (χ3v) is 10.5. The van der Waals surface area contributed by atoms with Crippen LogP contribution in [0.25, 0.3) is 0 Å². The molecule has 0 saturated carbocycles. The summed E-state index contributed by atoms with van der Waals surface area (Å²) in [6.07, 6.45) is 1.19. The van der Waals surface area contributed by atoms with Crippen LogP contribution in [0.1, 0.15) is 73.2 Å². The van der Waals surface area contributed by atoms with E-state index in [2.05, 4.69) is 10.6 Å². The maximum absolute atomic E-state index is 13.6. The van der Waals surface area contributed by atoms with E-state index < -0.39 is 59.2 Å². The number of nitrogens with one attached hydrogen (secondary N) is 2. The summed E-state index contributed by atoms with van der Waals surface area (Å²) in [7, 11) is 0. The number of fused-ring (bicyclic) bond motifs is 2. The first kappa shape index (κ1) is 38.8. The number of ether oxygens (including phenoxy) is 4. The highest BCUT2D eigenvalue weighted by Crippen LogP contribution is 2.33. The number of amides is 2. The number of aromatic nitrogens is 4. The smallest absolute Gasteiger partial charge is 0.335 e. The number of carbonyl (C=O) groups is 2. The zero-order chi connectivity index (χ0) is 39.3. The molecule has 2 aromatic carbocycles. The molecule has 0 bridgehead atoms. The van der Waals surface area contributed by atoms with Gasteiger partial charge in [-0.1, -0.05) is 60.7 Å². The molecule has 56 heavy (non-hydrogen) atoms. The topological polar surface area (TPSA) is 183 Å². The molecular formula is C40H46N6O10. The molecule has 3 aliphatic rings. The molecule has 16 heteroatoms. The molecule has 0 aliphatic carbocycles. The van der Waals surface area contributed by atoms with Crippen molar-refractivity contribution in [2.24, 2.45) is 0 Å². The van der Waals surface area contributed by atoms with Gasteiger partial charge in [0.05, 0.1) is 37.5 Å². The summed E-state index contributed by atoms with van der Waals surface area (Å²) < 4.78 is 28.8. The van der Waals surface area contributed by atoms with E-state index in [-0.39, 0.29) is 77.0 Å². The number of aryl methyl sites for hydroxylation is 2. The van der Waals surface area contributed by atoms with Gasteiger partial charge in [0.15, 0.2) is 0 Å². The van der Waals surface area contributed by atoms with Crippen molar-refractivity contribution in [2.75, 3.05) is 0 Å². The first-order valence-electron chi connectivity index (χ1n) is 18.8. The molecule has 2 amide bonds. The lowest BCUT2D eigenvalue weighted by Gasteiger charge is -2.24. The Morgan fingerprint density at radius 3 is 1.39 bits per heavy atom. The van der Waals surface area contributed by atoms with Gasteiger partial charge in [-0.3, -0.25) is 28.3 Å². The van der Waals surface area contributed by atoms with Crippen molar-refractivity contribution in [3.63, 3.8) is 0 Å². The Morgan fingerprint density at radius 2 is 1.00 bits per heavy atom.